The minimum absolute atomic E-state index is 0.0227. The van der Waals surface area contributed by atoms with Crippen molar-refractivity contribution in [3.63, 3.8) is 0 Å². The maximum absolute atomic E-state index is 12.7. The van der Waals surface area contributed by atoms with Crippen LogP contribution in [0.25, 0.3) is 0 Å². The van der Waals surface area contributed by atoms with Gasteiger partial charge in [0.15, 0.2) is 5.78 Å². The van der Waals surface area contributed by atoms with Gasteiger partial charge in [0.2, 0.25) is 0 Å². The standard InChI is InChI=1S/C15H15NO2S2/c1-18-10-4-2-9(3-5-10)14(17)13-11-6-7-19-8-12(11)20-15(13)16/h2-5H,6-8,16H2,1H3. The maximum atomic E-state index is 12.7. The van der Waals surface area contributed by atoms with Gasteiger partial charge in [0.1, 0.15) is 5.75 Å². The topological polar surface area (TPSA) is 52.3 Å². The molecular formula is C15H15NO2S2. The number of thiophene rings is 1. The zero-order chi connectivity index (χ0) is 14.1. The predicted octanol–water partition coefficient (Wildman–Crippen LogP) is 3.36. The molecule has 0 saturated heterocycles. The smallest absolute Gasteiger partial charge is 0.196 e. The van der Waals surface area contributed by atoms with E-state index in [0.29, 0.717) is 10.6 Å². The van der Waals surface area contributed by atoms with Gasteiger partial charge in [-0.05, 0) is 42.0 Å². The fourth-order valence-electron chi connectivity index (χ4n) is 2.39. The van der Waals surface area contributed by atoms with Crippen molar-refractivity contribution in [2.24, 2.45) is 0 Å². The summed E-state index contributed by atoms with van der Waals surface area (Å²) in [6.45, 7) is 0. The number of hydrogen-bond acceptors (Lipinski definition) is 5. The van der Waals surface area contributed by atoms with Gasteiger partial charge in [0.25, 0.3) is 0 Å². The largest absolute Gasteiger partial charge is 0.497 e. The van der Waals surface area contributed by atoms with Crippen LogP contribution >= 0.6 is 23.1 Å². The molecule has 0 amide bonds. The van der Waals surface area contributed by atoms with E-state index in [4.69, 9.17) is 10.5 Å². The Kier molecular flexibility index (Phi) is 3.72. The van der Waals surface area contributed by atoms with Crippen LogP contribution in [0.1, 0.15) is 26.4 Å². The summed E-state index contributed by atoms with van der Waals surface area (Å²) in [6, 6.07) is 7.20. The number of nitrogen functional groups attached to an aromatic ring is 1. The molecule has 1 aromatic heterocycles. The van der Waals surface area contributed by atoms with Gasteiger partial charge in [0.05, 0.1) is 17.7 Å². The molecule has 0 fully saturated rings. The second-order valence-corrected chi connectivity index (χ2v) is 6.85. The lowest BCUT2D eigenvalue weighted by Crippen LogP contribution is -2.09. The second-order valence-electron chi connectivity index (χ2n) is 4.60. The molecule has 1 aromatic carbocycles. The molecule has 2 N–H and O–H groups in total. The maximum Gasteiger partial charge on any atom is 0.196 e. The van der Waals surface area contributed by atoms with Crippen molar-refractivity contribution in [1.29, 1.82) is 0 Å². The fraction of sp³-hybridized carbons (Fsp3) is 0.267. The number of fused-ring (bicyclic) bond motifs is 1. The Morgan fingerprint density at radius 3 is 2.75 bits per heavy atom. The molecule has 3 rings (SSSR count). The van der Waals surface area contributed by atoms with E-state index in [-0.39, 0.29) is 5.78 Å². The molecule has 0 saturated carbocycles. The number of nitrogens with two attached hydrogens (primary N) is 1. The van der Waals surface area contributed by atoms with Crippen LogP contribution in [0.3, 0.4) is 0 Å². The van der Waals surface area contributed by atoms with Crippen molar-refractivity contribution in [1.82, 2.24) is 0 Å². The lowest BCUT2D eigenvalue weighted by atomic mass is 9.98. The average Bonchev–Trinajstić information content (AvgIpc) is 2.82. The number of carbonyl (C=O) groups is 1. The lowest BCUT2D eigenvalue weighted by Gasteiger charge is -2.12. The minimum atomic E-state index is 0.0227. The third-order valence-corrected chi connectivity index (χ3v) is 5.66. The fourth-order valence-corrected chi connectivity index (χ4v) is 4.64. The van der Waals surface area contributed by atoms with Crippen molar-refractivity contribution in [2.75, 3.05) is 18.6 Å². The molecule has 2 aromatic rings. The third-order valence-electron chi connectivity index (χ3n) is 3.43. The van der Waals surface area contributed by atoms with E-state index in [2.05, 4.69) is 0 Å². The monoisotopic (exact) mass is 305 g/mol. The average molecular weight is 305 g/mol. The number of ether oxygens (including phenoxy) is 1. The summed E-state index contributed by atoms with van der Waals surface area (Å²) >= 11 is 3.46. The molecule has 1 aliphatic rings. The van der Waals surface area contributed by atoms with Crippen molar-refractivity contribution in [3.8, 4) is 5.75 Å². The van der Waals surface area contributed by atoms with Gasteiger partial charge in [-0.15, -0.1) is 11.3 Å². The van der Waals surface area contributed by atoms with Crippen LogP contribution < -0.4 is 10.5 Å². The number of methoxy groups -OCH3 is 1. The molecule has 1 aliphatic heterocycles. The molecular weight excluding hydrogens is 290 g/mol. The van der Waals surface area contributed by atoms with Gasteiger partial charge in [-0.2, -0.15) is 11.8 Å². The van der Waals surface area contributed by atoms with Crippen molar-refractivity contribution in [2.45, 2.75) is 12.2 Å². The Balaban J connectivity index is 1.99. The highest BCUT2D eigenvalue weighted by Crippen LogP contribution is 2.38. The van der Waals surface area contributed by atoms with E-state index in [1.807, 2.05) is 11.8 Å². The molecule has 0 unspecified atom stereocenters. The highest BCUT2D eigenvalue weighted by Gasteiger charge is 2.24. The number of ketones is 1. The van der Waals surface area contributed by atoms with Crippen molar-refractivity contribution >= 4 is 33.9 Å². The zero-order valence-electron chi connectivity index (χ0n) is 11.1. The molecule has 0 spiro atoms. The van der Waals surface area contributed by atoms with Gasteiger partial charge >= 0.3 is 0 Å². The van der Waals surface area contributed by atoms with Crippen LogP contribution in [-0.2, 0) is 12.2 Å². The van der Waals surface area contributed by atoms with Crippen LogP contribution in [0.15, 0.2) is 24.3 Å². The Bertz CT molecular complexity index is 647. The van der Waals surface area contributed by atoms with E-state index in [9.17, 15) is 4.79 Å². The number of thioether (sulfide) groups is 1. The molecule has 20 heavy (non-hydrogen) atoms. The summed E-state index contributed by atoms with van der Waals surface area (Å²) in [5.74, 6) is 2.81. The van der Waals surface area contributed by atoms with E-state index < -0.39 is 0 Å². The van der Waals surface area contributed by atoms with E-state index in [1.165, 1.54) is 4.88 Å². The Labute approximate surface area is 126 Å². The number of rotatable bonds is 3. The first-order valence-electron chi connectivity index (χ1n) is 6.37. The third kappa shape index (κ3) is 2.31. The van der Waals surface area contributed by atoms with Gasteiger partial charge in [-0.3, -0.25) is 4.79 Å². The summed E-state index contributed by atoms with van der Waals surface area (Å²) in [4.78, 5) is 13.9. The molecule has 5 heteroatoms. The number of hydrogen-bond donors (Lipinski definition) is 1. The molecule has 0 bridgehead atoms. The number of carbonyl (C=O) groups excluding carboxylic acids is 1. The molecule has 0 aliphatic carbocycles. The normalized spacial score (nSPS) is 13.8. The van der Waals surface area contributed by atoms with Gasteiger partial charge < -0.3 is 10.5 Å². The SMILES string of the molecule is COc1ccc(C(=O)c2c(N)sc3c2CCSC3)cc1. The summed E-state index contributed by atoms with van der Waals surface area (Å²) < 4.78 is 5.12. The van der Waals surface area contributed by atoms with Crippen molar-refractivity contribution < 1.29 is 9.53 Å². The first kappa shape index (κ1) is 13.5. The number of anilines is 1. The van der Waals surface area contributed by atoms with Crippen LogP contribution in [0, 0.1) is 0 Å². The summed E-state index contributed by atoms with van der Waals surface area (Å²) in [5, 5.41) is 0.651. The first-order chi connectivity index (χ1) is 9.70. The minimum Gasteiger partial charge on any atom is -0.497 e. The van der Waals surface area contributed by atoms with Crippen molar-refractivity contribution in [3.05, 3.63) is 45.8 Å². The zero-order valence-corrected chi connectivity index (χ0v) is 12.8. The molecule has 0 radical (unpaired) electrons. The van der Waals surface area contributed by atoms with E-state index >= 15 is 0 Å². The summed E-state index contributed by atoms with van der Waals surface area (Å²) in [5.41, 5.74) is 8.62. The molecule has 104 valence electrons. The highest BCUT2D eigenvalue weighted by atomic mass is 32.2. The Hall–Kier alpha value is -1.46. The summed E-state index contributed by atoms with van der Waals surface area (Å²) in [6.07, 6.45) is 0.935. The van der Waals surface area contributed by atoms with E-state index in [1.54, 1.807) is 42.7 Å². The van der Waals surface area contributed by atoms with Crippen LogP contribution in [0.2, 0.25) is 0 Å². The van der Waals surface area contributed by atoms with E-state index in [0.717, 1.165) is 34.8 Å². The highest BCUT2D eigenvalue weighted by molar-refractivity contribution is 7.98. The van der Waals surface area contributed by atoms with Gasteiger partial charge in [0, 0.05) is 16.2 Å². The Morgan fingerprint density at radius 2 is 2.05 bits per heavy atom. The molecule has 0 atom stereocenters. The van der Waals surface area contributed by atoms with Gasteiger partial charge in [-0.25, -0.2) is 0 Å². The molecule has 2 heterocycles. The number of benzene rings is 1. The van der Waals surface area contributed by atoms with Crippen LogP contribution in [0.5, 0.6) is 5.75 Å². The molecule has 3 nitrogen and oxygen atoms in total. The second kappa shape index (κ2) is 5.50. The van der Waals surface area contributed by atoms with Crippen LogP contribution in [-0.4, -0.2) is 18.6 Å². The Morgan fingerprint density at radius 1 is 1.30 bits per heavy atom. The summed E-state index contributed by atoms with van der Waals surface area (Å²) in [7, 11) is 1.61. The first-order valence-corrected chi connectivity index (χ1v) is 8.34. The van der Waals surface area contributed by atoms with Gasteiger partial charge in [-0.1, -0.05) is 0 Å². The van der Waals surface area contributed by atoms with Crippen LogP contribution in [0.4, 0.5) is 5.00 Å². The quantitative estimate of drug-likeness (QED) is 0.884. The lowest BCUT2D eigenvalue weighted by molar-refractivity contribution is 0.103. The predicted molar refractivity (Wildman–Crippen MR) is 85.0 cm³/mol.